The Hall–Kier alpha value is -2.73. The van der Waals surface area contributed by atoms with Gasteiger partial charge in [0.15, 0.2) is 11.5 Å². The molecule has 0 bridgehead atoms. The lowest BCUT2D eigenvalue weighted by Crippen LogP contribution is -2.49. The van der Waals surface area contributed by atoms with Crippen molar-refractivity contribution in [3.05, 3.63) is 53.6 Å². The number of carboxylic acid groups (broad SMARTS) is 1. The minimum atomic E-state index is -0.720. The van der Waals surface area contributed by atoms with Crippen molar-refractivity contribution in [1.29, 1.82) is 0 Å². The number of carboxylic acids is 1. The van der Waals surface area contributed by atoms with Crippen molar-refractivity contribution < 1.29 is 24.1 Å². The van der Waals surface area contributed by atoms with E-state index in [2.05, 4.69) is 4.90 Å². The summed E-state index contributed by atoms with van der Waals surface area (Å²) in [6.07, 6.45) is 0. The molecule has 6 heteroatoms. The molecule has 3 rings (SSSR count). The van der Waals surface area contributed by atoms with Gasteiger partial charge in [-0.3, -0.25) is 9.69 Å². The van der Waals surface area contributed by atoms with Gasteiger partial charge in [0.25, 0.3) is 0 Å². The van der Waals surface area contributed by atoms with E-state index in [1.54, 1.807) is 0 Å². The van der Waals surface area contributed by atoms with E-state index in [0.29, 0.717) is 51.0 Å². The van der Waals surface area contributed by atoms with E-state index >= 15 is 0 Å². The lowest BCUT2D eigenvalue weighted by atomic mass is 9.99. The largest absolute Gasteiger partial charge is 0.490 e. The van der Waals surface area contributed by atoms with Gasteiger partial charge in [0.05, 0.1) is 12.5 Å². The SMILES string of the molecule is CCOc1cc(CN2CC(C(=O)O)C2)ccc1OCCOc1ccc(C)cc1. The quantitative estimate of drug-likeness (QED) is 0.633. The molecule has 0 spiro atoms. The number of hydrogen-bond donors (Lipinski definition) is 1. The highest BCUT2D eigenvalue weighted by Gasteiger charge is 2.32. The normalized spacial score (nSPS) is 14.4. The van der Waals surface area contributed by atoms with Gasteiger partial charge in [-0.05, 0) is 43.7 Å². The Bertz CT molecular complexity index is 784. The second kappa shape index (κ2) is 9.46. The number of hydrogen-bond acceptors (Lipinski definition) is 5. The first kappa shape index (κ1) is 20.0. The molecule has 0 atom stereocenters. The standard InChI is InChI=1S/C22H27NO5/c1-3-26-21-12-17(13-23-14-18(15-23)22(24)25)6-9-20(21)28-11-10-27-19-7-4-16(2)5-8-19/h4-9,12,18H,3,10-11,13-15H2,1-2H3,(H,24,25). The maximum absolute atomic E-state index is 10.9. The van der Waals surface area contributed by atoms with Crippen LogP contribution in [-0.4, -0.2) is 48.9 Å². The molecule has 6 nitrogen and oxygen atoms in total. The lowest BCUT2D eigenvalue weighted by Gasteiger charge is -2.36. The molecule has 1 aliphatic heterocycles. The van der Waals surface area contributed by atoms with Crippen LogP contribution in [0.4, 0.5) is 0 Å². The van der Waals surface area contributed by atoms with E-state index in [1.165, 1.54) is 5.56 Å². The van der Waals surface area contributed by atoms with Crippen LogP contribution in [-0.2, 0) is 11.3 Å². The number of carbonyl (C=O) groups is 1. The van der Waals surface area contributed by atoms with E-state index in [-0.39, 0.29) is 5.92 Å². The van der Waals surface area contributed by atoms with Gasteiger partial charge in [0, 0.05) is 19.6 Å². The number of nitrogens with zero attached hydrogens (tertiary/aromatic N) is 1. The molecule has 0 aliphatic carbocycles. The highest BCUT2D eigenvalue weighted by atomic mass is 16.5. The average molecular weight is 385 g/mol. The summed E-state index contributed by atoms with van der Waals surface area (Å²) in [6, 6.07) is 13.8. The van der Waals surface area contributed by atoms with Gasteiger partial charge in [-0.2, -0.15) is 0 Å². The third kappa shape index (κ3) is 5.39. The molecular weight excluding hydrogens is 358 g/mol. The first-order valence-corrected chi connectivity index (χ1v) is 9.58. The number of benzene rings is 2. The first-order chi connectivity index (χ1) is 13.5. The molecule has 1 aliphatic rings. The molecule has 1 fully saturated rings. The summed E-state index contributed by atoms with van der Waals surface area (Å²) >= 11 is 0. The highest BCUT2D eigenvalue weighted by molar-refractivity contribution is 5.71. The topological polar surface area (TPSA) is 68.2 Å². The second-order valence-corrected chi connectivity index (χ2v) is 6.95. The van der Waals surface area contributed by atoms with Crippen molar-refractivity contribution in [2.75, 3.05) is 32.9 Å². The predicted molar refractivity (Wildman–Crippen MR) is 106 cm³/mol. The molecule has 28 heavy (non-hydrogen) atoms. The van der Waals surface area contributed by atoms with E-state index in [9.17, 15) is 4.79 Å². The van der Waals surface area contributed by atoms with Gasteiger partial charge in [-0.1, -0.05) is 23.8 Å². The number of aliphatic carboxylic acids is 1. The fraction of sp³-hybridized carbons (Fsp3) is 0.409. The number of rotatable bonds is 10. The molecular formula is C22H27NO5. The van der Waals surface area contributed by atoms with Gasteiger partial charge >= 0.3 is 5.97 Å². The van der Waals surface area contributed by atoms with Gasteiger partial charge in [0.1, 0.15) is 19.0 Å². The van der Waals surface area contributed by atoms with Crippen LogP contribution >= 0.6 is 0 Å². The maximum atomic E-state index is 10.9. The second-order valence-electron chi connectivity index (χ2n) is 6.95. The zero-order valence-electron chi connectivity index (χ0n) is 16.4. The van der Waals surface area contributed by atoms with E-state index in [4.69, 9.17) is 19.3 Å². The number of likely N-dealkylation sites (tertiary alicyclic amines) is 1. The number of ether oxygens (including phenoxy) is 3. The molecule has 2 aromatic rings. The fourth-order valence-corrected chi connectivity index (χ4v) is 3.10. The summed E-state index contributed by atoms with van der Waals surface area (Å²) in [5.74, 6) is 1.24. The van der Waals surface area contributed by atoms with Crippen LogP contribution in [0.15, 0.2) is 42.5 Å². The predicted octanol–water partition coefficient (Wildman–Crippen LogP) is 3.37. The van der Waals surface area contributed by atoms with Crippen molar-refractivity contribution in [3.63, 3.8) is 0 Å². The van der Waals surface area contributed by atoms with Crippen molar-refractivity contribution in [3.8, 4) is 17.2 Å². The zero-order valence-corrected chi connectivity index (χ0v) is 16.4. The van der Waals surface area contributed by atoms with Crippen molar-refractivity contribution in [1.82, 2.24) is 4.90 Å². The van der Waals surface area contributed by atoms with Crippen molar-refractivity contribution in [2.24, 2.45) is 5.92 Å². The maximum Gasteiger partial charge on any atom is 0.309 e. The van der Waals surface area contributed by atoms with Crippen LogP contribution < -0.4 is 14.2 Å². The van der Waals surface area contributed by atoms with Gasteiger partial charge in [0.2, 0.25) is 0 Å². The van der Waals surface area contributed by atoms with Crippen molar-refractivity contribution in [2.45, 2.75) is 20.4 Å². The van der Waals surface area contributed by atoms with Gasteiger partial charge in [-0.25, -0.2) is 0 Å². The summed E-state index contributed by atoms with van der Waals surface area (Å²) in [7, 11) is 0. The van der Waals surface area contributed by atoms with Crippen LogP contribution in [0.1, 0.15) is 18.1 Å². The van der Waals surface area contributed by atoms with Crippen LogP contribution in [0.3, 0.4) is 0 Å². The molecule has 0 amide bonds. The van der Waals surface area contributed by atoms with E-state index in [1.807, 2.05) is 56.3 Å². The molecule has 0 radical (unpaired) electrons. The first-order valence-electron chi connectivity index (χ1n) is 9.58. The van der Waals surface area contributed by atoms with Crippen molar-refractivity contribution >= 4 is 5.97 Å². The molecule has 1 saturated heterocycles. The van der Waals surface area contributed by atoms with Gasteiger partial charge < -0.3 is 19.3 Å². The third-order valence-corrected chi connectivity index (χ3v) is 4.65. The summed E-state index contributed by atoms with van der Waals surface area (Å²) < 4.78 is 17.3. The Balaban J connectivity index is 1.50. The Labute approximate surface area is 165 Å². The Morgan fingerprint density at radius 1 is 1.04 bits per heavy atom. The molecule has 150 valence electrons. The lowest BCUT2D eigenvalue weighted by molar-refractivity contribution is -0.147. The van der Waals surface area contributed by atoms with Crippen LogP contribution in [0.5, 0.6) is 17.2 Å². The zero-order chi connectivity index (χ0) is 19.9. The number of aryl methyl sites for hydroxylation is 1. The fourth-order valence-electron chi connectivity index (χ4n) is 3.10. The minimum absolute atomic E-state index is 0.248. The summed E-state index contributed by atoms with van der Waals surface area (Å²) in [6.45, 7) is 7.27. The Kier molecular flexibility index (Phi) is 6.76. The van der Waals surface area contributed by atoms with Crippen LogP contribution in [0.25, 0.3) is 0 Å². The summed E-state index contributed by atoms with van der Waals surface area (Å²) in [5.41, 5.74) is 2.28. The average Bonchev–Trinajstić information content (AvgIpc) is 2.64. The van der Waals surface area contributed by atoms with E-state index < -0.39 is 5.97 Å². The van der Waals surface area contributed by atoms with E-state index in [0.717, 1.165) is 11.3 Å². The Morgan fingerprint density at radius 3 is 2.43 bits per heavy atom. The molecule has 1 N–H and O–H groups in total. The molecule has 0 saturated carbocycles. The molecule has 1 heterocycles. The summed E-state index contributed by atoms with van der Waals surface area (Å²) in [5, 5.41) is 8.98. The van der Waals surface area contributed by atoms with Crippen LogP contribution in [0.2, 0.25) is 0 Å². The molecule has 2 aromatic carbocycles. The highest BCUT2D eigenvalue weighted by Crippen LogP contribution is 2.30. The summed E-state index contributed by atoms with van der Waals surface area (Å²) in [4.78, 5) is 13.0. The minimum Gasteiger partial charge on any atom is -0.490 e. The van der Waals surface area contributed by atoms with Gasteiger partial charge in [-0.15, -0.1) is 0 Å². The molecule has 0 aromatic heterocycles. The Morgan fingerprint density at radius 2 is 1.75 bits per heavy atom. The monoisotopic (exact) mass is 385 g/mol. The third-order valence-electron chi connectivity index (χ3n) is 4.65. The van der Waals surface area contributed by atoms with Crippen LogP contribution in [0, 0.1) is 12.8 Å². The smallest absolute Gasteiger partial charge is 0.309 e. The molecule has 0 unspecified atom stereocenters.